The second kappa shape index (κ2) is 7.58. The van der Waals surface area contributed by atoms with Crippen molar-refractivity contribution >= 4 is 0 Å². The third-order valence-electron chi connectivity index (χ3n) is 4.24. The van der Waals surface area contributed by atoms with Crippen molar-refractivity contribution in [1.29, 1.82) is 0 Å². The number of ether oxygens (including phenoxy) is 1. The minimum atomic E-state index is 0.364. The van der Waals surface area contributed by atoms with E-state index in [2.05, 4.69) is 29.4 Å². The number of rotatable bonds is 6. The van der Waals surface area contributed by atoms with Gasteiger partial charge in [-0.05, 0) is 30.7 Å². The topological polar surface area (TPSA) is 36.5 Å². The van der Waals surface area contributed by atoms with Crippen LogP contribution in [-0.2, 0) is 4.74 Å². The van der Waals surface area contributed by atoms with E-state index in [-0.39, 0.29) is 0 Å². The molecule has 0 unspecified atom stereocenters. The van der Waals surface area contributed by atoms with E-state index in [9.17, 15) is 0 Å². The lowest BCUT2D eigenvalue weighted by molar-refractivity contribution is 0.0649. The van der Waals surface area contributed by atoms with Gasteiger partial charge < -0.3 is 20.3 Å². The second-order valence-electron chi connectivity index (χ2n) is 6.88. The molecule has 0 radical (unpaired) electrons. The van der Waals surface area contributed by atoms with Crippen LogP contribution in [0.25, 0.3) is 0 Å². The predicted molar refractivity (Wildman–Crippen MR) is 79.5 cm³/mol. The smallest absolute Gasteiger partial charge is 0.0469 e. The Kier molecular flexibility index (Phi) is 6.07. The summed E-state index contributed by atoms with van der Waals surface area (Å²) in [6, 6.07) is 0. The molecule has 2 saturated heterocycles. The molecule has 0 amide bonds. The molecule has 0 aromatic heterocycles. The van der Waals surface area contributed by atoms with Crippen LogP contribution in [0, 0.1) is 11.3 Å². The Bertz CT molecular complexity index is 246. The van der Waals surface area contributed by atoms with Gasteiger partial charge in [0.05, 0.1) is 0 Å². The van der Waals surface area contributed by atoms with Gasteiger partial charge in [0.25, 0.3) is 0 Å². The molecule has 2 heterocycles. The molecule has 2 fully saturated rings. The lowest BCUT2D eigenvalue weighted by Gasteiger charge is -2.35. The molecule has 2 aliphatic heterocycles. The Labute approximate surface area is 118 Å². The molecule has 0 aliphatic carbocycles. The van der Waals surface area contributed by atoms with Crippen molar-refractivity contribution in [3.63, 3.8) is 0 Å². The van der Waals surface area contributed by atoms with Crippen LogP contribution in [0.3, 0.4) is 0 Å². The van der Waals surface area contributed by atoms with Gasteiger partial charge in [-0.2, -0.15) is 0 Å². The highest BCUT2D eigenvalue weighted by atomic mass is 16.5. The van der Waals surface area contributed by atoms with Crippen molar-refractivity contribution in [2.24, 2.45) is 11.3 Å². The molecule has 2 rings (SSSR count). The van der Waals surface area contributed by atoms with Crippen LogP contribution in [0.5, 0.6) is 0 Å². The van der Waals surface area contributed by atoms with Crippen molar-refractivity contribution in [3.05, 3.63) is 0 Å². The van der Waals surface area contributed by atoms with Gasteiger partial charge in [0.15, 0.2) is 0 Å². The van der Waals surface area contributed by atoms with Gasteiger partial charge in [-0.25, -0.2) is 0 Å². The third kappa shape index (κ3) is 5.78. The number of piperazine rings is 1. The fourth-order valence-electron chi connectivity index (χ4n) is 3.10. The fraction of sp³-hybridized carbons (Fsp3) is 1.00. The quantitative estimate of drug-likeness (QED) is 0.752. The van der Waals surface area contributed by atoms with Crippen LogP contribution in [-0.4, -0.2) is 63.9 Å². The van der Waals surface area contributed by atoms with Gasteiger partial charge in [0.2, 0.25) is 0 Å². The first kappa shape index (κ1) is 15.2. The SMILES string of the molecule is CC(C)(CNCC1CCOCC1)CN1CCNCC1. The van der Waals surface area contributed by atoms with E-state index in [0.29, 0.717) is 5.41 Å². The summed E-state index contributed by atoms with van der Waals surface area (Å²) in [6.45, 7) is 14.8. The molecule has 4 heteroatoms. The zero-order chi connectivity index (χ0) is 13.6. The van der Waals surface area contributed by atoms with E-state index in [1.807, 2.05) is 0 Å². The Balaban J connectivity index is 1.62. The fourth-order valence-corrected chi connectivity index (χ4v) is 3.10. The summed E-state index contributed by atoms with van der Waals surface area (Å²) in [5, 5.41) is 7.10. The maximum atomic E-state index is 5.41. The van der Waals surface area contributed by atoms with Crippen molar-refractivity contribution in [2.45, 2.75) is 26.7 Å². The molecule has 112 valence electrons. The Morgan fingerprint density at radius 2 is 1.89 bits per heavy atom. The van der Waals surface area contributed by atoms with Gasteiger partial charge in [0, 0.05) is 52.5 Å². The normalized spacial score (nSPS) is 23.7. The molecule has 4 nitrogen and oxygen atoms in total. The van der Waals surface area contributed by atoms with Crippen LogP contribution < -0.4 is 10.6 Å². The predicted octanol–water partition coefficient (Wildman–Crippen LogP) is 0.934. The summed E-state index contributed by atoms with van der Waals surface area (Å²) in [6.07, 6.45) is 2.45. The van der Waals surface area contributed by atoms with Gasteiger partial charge in [-0.3, -0.25) is 0 Å². The van der Waals surface area contributed by atoms with E-state index in [1.165, 1.54) is 32.5 Å². The average Bonchev–Trinajstić information content (AvgIpc) is 2.40. The van der Waals surface area contributed by atoms with Gasteiger partial charge in [-0.1, -0.05) is 13.8 Å². The molecule has 0 spiro atoms. The van der Waals surface area contributed by atoms with E-state index in [4.69, 9.17) is 4.74 Å². The highest BCUT2D eigenvalue weighted by molar-refractivity contribution is 4.79. The molecule has 19 heavy (non-hydrogen) atoms. The molecule has 0 atom stereocenters. The van der Waals surface area contributed by atoms with E-state index in [0.717, 1.165) is 45.3 Å². The molecule has 0 bridgehead atoms. The number of hydrogen-bond acceptors (Lipinski definition) is 4. The molecule has 0 aromatic rings. The van der Waals surface area contributed by atoms with Gasteiger partial charge >= 0.3 is 0 Å². The lowest BCUT2D eigenvalue weighted by Crippen LogP contribution is -2.49. The summed E-state index contributed by atoms with van der Waals surface area (Å²) in [5.74, 6) is 0.823. The van der Waals surface area contributed by atoms with Crippen LogP contribution in [0.4, 0.5) is 0 Å². The van der Waals surface area contributed by atoms with Crippen molar-refractivity contribution < 1.29 is 4.74 Å². The molecular formula is C15H31N3O. The van der Waals surface area contributed by atoms with E-state index >= 15 is 0 Å². The summed E-state index contributed by atoms with van der Waals surface area (Å²) >= 11 is 0. The highest BCUT2D eigenvalue weighted by Crippen LogP contribution is 2.18. The van der Waals surface area contributed by atoms with Crippen molar-refractivity contribution in [1.82, 2.24) is 15.5 Å². The molecule has 2 aliphatic rings. The molecule has 2 N–H and O–H groups in total. The third-order valence-corrected chi connectivity index (χ3v) is 4.24. The van der Waals surface area contributed by atoms with Crippen LogP contribution >= 0.6 is 0 Å². The average molecular weight is 269 g/mol. The van der Waals surface area contributed by atoms with Crippen molar-refractivity contribution in [2.75, 3.05) is 59.0 Å². The summed E-state index contributed by atoms with van der Waals surface area (Å²) in [7, 11) is 0. The zero-order valence-corrected chi connectivity index (χ0v) is 12.7. The highest BCUT2D eigenvalue weighted by Gasteiger charge is 2.23. The number of nitrogens with zero attached hydrogens (tertiary/aromatic N) is 1. The largest absolute Gasteiger partial charge is 0.381 e. The number of nitrogens with one attached hydrogen (secondary N) is 2. The maximum Gasteiger partial charge on any atom is 0.0469 e. The van der Waals surface area contributed by atoms with Crippen LogP contribution in [0.2, 0.25) is 0 Å². The van der Waals surface area contributed by atoms with Gasteiger partial charge in [0.1, 0.15) is 0 Å². The second-order valence-corrected chi connectivity index (χ2v) is 6.88. The minimum absolute atomic E-state index is 0.364. The Hall–Kier alpha value is -0.160. The van der Waals surface area contributed by atoms with Crippen molar-refractivity contribution in [3.8, 4) is 0 Å². The van der Waals surface area contributed by atoms with Crippen LogP contribution in [0.15, 0.2) is 0 Å². The Morgan fingerprint density at radius 3 is 2.58 bits per heavy atom. The standard InChI is InChI=1S/C15H31N3O/c1-15(2,13-18-7-5-16-6-8-18)12-17-11-14-3-9-19-10-4-14/h14,16-17H,3-13H2,1-2H3. The summed E-state index contributed by atoms with van der Waals surface area (Å²) in [4.78, 5) is 2.59. The lowest BCUT2D eigenvalue weighted by atomic mass is 9.91. The first-order chi connectivity index (χ1) is 9.16. The van der Waals surface area contributed by atoms with Gasteiger partial charge in [-0.15, -0.1) is 0 Å². The summed E-state index contributed by atoms with van der Waals surface area (Å²) in [5.41, 5.74) is 0.364. The molecule has 0 saturated carbocycles. The zero-order valence-electron chi connectivity index (χ0n) is 12.7. The first-order valence-electron chi connectivity index (χ1n) is 7.87. The minimum Gasteiger partial charge on any atom is -0.381 e. The summed E-state index contributed by atoms with van der Waals surface area (Å²) < 4.78 is 5.41. The monoisotopic (exact) mass is 269 g/mol. The molecular weight excluding hydrogens is 238 g/mol. The maximum absolute atomic E-state index is 5.41. The first-order valence-corrected chi connectivity index (χ1v) is 7.87. The van der Waals surface area contributed by atoms with E-state index in [1.54, 1.807) is 0 Å². The molecule has 0 aromatic carbocycles. The van der Waals surface area contributed by atoms with Crippen LogP contribution in [0.1, 0.15) is 26.7 Å². The van der Waals surface area contributed by atoms with E-state index < -0.39 is 0 Å². The Morgan fingerprint density at radius 1 is 1.21 bits per heavy atom. The number of hydrogen-bond donors (Lipinski definition) is 2.